The van der Waals surface area contributed by atoms with Crippen LogP contribution in [0.25, 0.3) is 0 Å². The van der Waals surface area contributed by atoms with Crippen LogP contribution in [0, 0.1) is 0 Å². The normalized spacial score (nSPS) is 12.6. The van der Waals surface area contributed by atoms with Crippen molar-refractivity contribution in [2.45, 2.75) is 219 Å². The van der Waals surface area contributed by atoms with Crippen LogP contribution in [-0.4, -0.2) is 23.1 Å². The summed E-state index contributed by atoms with van der Waals surface area (Å²) in [5.41, 5.74) is 0. The minimum Gasteiger partial charge on any atom is -0.481 e. The summed E-state index contributed by atoms with van der Waals surface area (Å²) in [4.78, 5) is 22.9. The van der Waals surface area contributed by atoms with E-state index in [-0.39, 0.29) is 12.1 Å². The summed E-state index contributed by atoms with van der Waals surface area (Å²) in [5.74, 6) is -0.644. The Labute approximate surface area is 286 Å². The number of aliphatic carboxylic acids is 1. The van der Waals surface area contributed by atoms with E-state index in [1.54, 1.807) is 0 Å². The molecular weight excluding hydrogens is 568 g/mol. The predicted octanol–water partition coefficient (Wildman–Crippen LogP) is 13.8. The Morgan fingerprint density at radius 1 is 0.500 bits per heavy atom. The molecule has 0 fully saturated rings. The van der Waals surface area contributed by atoms with Gasteiger partial charge in [-0.25, -0.2) is 0 Å². The zero-order valence-electron chi connectivity index (χ0n) is 30.6. The van der Waals surface area contributed by atoms with E-state index in [1.165, 1.54) is 122 Å². The highest BCUT2D eigenvalue weighted by molar-refractivity contribution is 5.69. The molecule has 0 aromatic carbocycles. The van der Waals surface area contributed by atoms with Gasteiger partial charge in [0, 0.05) is 12.8 Å². The Hall–Kier alpha value is -1.84. The van der Waals surface area contributed by atoms with E-state index < -0.39 is 5.97 Å². The van der Waals surface area contributed by atoms with Gasteiger partial charge in [0.2, 0.25) is 0 Å². The number of hydrogen-bond donors (Lipinski definition) is 1. The molecule has 46 heavy (non-hydrogen) atoms. The highest BCUT2D eigenvalue weighted by Gasteiger charge is 2.13. The molecule has 0 saturated heterocycles. The van der Waals surface area contributed by atoms with Crippen molar-refractivity contribution in [1.82, 2.24) is 0 Å². The van der Waals surface area contributed by atoms with E-state index in [2.05, 4.69) is 50.3 Å². The molecule has 0 spiro atoms. The van der Waals surface area contributed by atoms with Gasteiger partial charge in [0.1, 0.15) is 6.10 Å². The van der Waals surface area contributed by atoms with Crippen LogP contribution in [0.4, 0.5) is 0 Å². The van der Waals surface area contributed by atoms with Crippen molar-refractivity contribution >= 4 is 11.9 Å². The molecule has 4 heteroatoms. The number of allylic oxidation sites excluding steroid dienone is 6. The number of hydrogen-bond acceptors (Lipinski definition) is 3. The maximum Gasteiger partial charge on any atom is 0.306 e. The topological polar surface area (TPSA) is 63.6 Å². The Morgan fingerprint density at radius 2 is 0.913 bits per heavy atom. The van der Waals surface area contributed by atoms with E-state index in [0.717, 1.165) is 64.2 Å². The van der Waals surface area contributed by atoms with Gasteiger partial charge in [-0.3, -0.25) is 9.59 Å². The van der Waals surface area contributed by atoms with Gasteiger partial charge in [0.15, 0.2) is 0 Å². The molecule has 1 atom stereocenters. The number of carbonyl (C=O) groups excluding carboxylic acids is 1. The summed E-state index contributed by atoms with van der Waals surface area (Å²) in [5, 5.41) is 8.66. The summed E-state index contributed by atoms with van der Waals surface area (Å²) in [6.07, 6.45) is 49.5. The van der Waals surface area contributed by atoms with Gasteiger partial charge in [-0.05, 0) is 64.2 Å². The lowest BCUT2D eigenvalue weighted by Gasteiger charge is -2.17. The Morgan fingerprint density at radius 3 is 1.39 bits per heavy atom. The lowest BCUT2D eigenvalue weighted by molar-refractivity contribution is -0.150. The second kappa shape index (κ2) is 37.6. The molecule has 0 aromatic rings. The standard InChI is InChI=1S/C42H76O4/c1-3-5-6-7-8-9-10-11-12-13-17-20-23-26-29-32-35-39-42(45)46-40(36-4-2)37-33-30-27-24-21-18-15-14-16-19-22-25-28-31-34-38-41(43)44/h5-6,8-9,11-12,40H,3-4,7,10,13-39H2,1-2H3,(H,43,44)/b6-5-,9-8-,12-11-. The number of carbonyl (C=O) groups is 2. The highest BCUT2D eigenvalue weighted by Crippen LogP contribution is 2.18. The average molecular weight is 645 g/mol. The first-order chi connectivity index (χ1) is 22.6. The molecule has 0 amide bonds. The van der Waals surface area contributed by atoms with E-state index >= 15 is 0 Å². The van der Waals surface area contributed by atoms with Crippen molar-refractivity contribution in [3.05, 3.63) is 36.5 Å². The second-order valence-corrected chi connectivity index (χ2v) is 13.4. The molecule has 1 unspecified atom stereocenters. The second-order valence-electron chi connectivity index (χ2n) is 13.4. The van der Waals surface area contributed by atoms with Gasteiger partial charge in [-0.15, -0.1) is 0 Å². The maximum absolute atomic E-state index is 12.4. The van der Waals surface area contributed by atoms with Crippen molar-refractivity contribution < 1.29 is 19.4 Å². The fraction of sp³-hybridized carbons (Fsp3) is 0.810. The zero-order valence-corrected chi connectivity index (χ0v) is 30.6. The van der Waals surface area contributed by atoms with Gasteiger partial charge >= 0.3 is 11.9 Å². The summed E-state index contributed by atoms with van der Waals surface area (Å²) in [7, 11) is 0. The minimum atomic E-state index is -0.665. The van der Waals surface area contributed by atoms with Crippen molar-refractivity contribution in [3.63, 3.8) is 0 Å². The molecule has 0 bridgehead atoms. The number of carboxylic acids is 1. The number of rotatable bonds is 36. The van der Waals surface area contributed by atoms with Gasteiger partial charge in [-0.1, -0.05) is 172 Å². The Balaban J connectivity index is 3.54. The zero-order chi connectivity index (χ0) is 33.6. The van der Waals surface area contributed by atoms with Gasteiger partial charge in [0.25, 0.3) is 0 Å². The molecule has 0 saturated carbocycles. The van der Waals surface area contributed by atoms with Crippen molar-refractivity contribution in [1.29, 1.82) is 0 Å². The minimum absolute atomic E-state index is 0.0215. The molecular formula is C42H76O4. The Bertz CT molecular complexity index is 738. The quantitative estimate of drug-likeness (QED) is 0.0419. The predicted molar refractivity (Wildman–Crippen MR) is 199 cm³/mol. The fourth-order valence-corrected chi connectivity index (χ4v) is 6.02. The molecule has 0 aromatic heterocycles. The molecule has 0 aliphatic carbocycles. The van der Waals surface area contributed by atoms with Crippen molar-refractivity contribution in [3.8, 4) is 0 Å². The summed E-state index contributed by atoms with van der Waals surface area (Å²) >= 11 is 0. The molecule has 0 aliphatic rings. The third-order valence-electron chi connectivity index (χ3n) is 8.86. The molecule has 0 radical (unpaired) electrons. The van der Waals surface area contributed by atoms with E-state index in [0.29, 0.717) is 12.8 Å². The van der Waals surface area contributed by atoms with Crippen LogP contribution in [0.5, 0.6) is 0 Å². The van der Waals surface area contributed by atoms with Crippen LogP contribution in [0.1, 0.15) is 213 Å². The summed E-state index contributed by atoms with van der Waals surface area (Å²) in [6, 6.07) is 0. The lowest BCUT2D eigenvalue weighted by atomic mass is 10.0. The van der Waals surface area contributed by atoms with E-state index in [1.807, 2.05) is 0 Å². The third-order valence-corrected chi connectivity index (χ3v) is 8.86. The molecule has 0 rings (SSSR count). The third kappa shape index (κ3) is 36.6. The first kappa shape index (κ1) is 44.2. The van der Waals surface area contributed by atoms with E-state index in [4.69, 9.17) is 9.84 Å². The summed E-state index contributed by atoms with van der Waals surface area (Å²) < 4.78 is 5.88. The summed E-state index contributed by atoms with van der Waals surface area (Å²) in [6.45, 7) is 4.36. The van der Waals surface area contributed by atoms with Crippen LogP contribution in [-0.2, 0) is 14.3 Å². The first-order valence-corrected chi connectivity index (χ1v) is 20.0. The number of ether oxygens (including phenoxy) is 1. The van der Waals surface area contributed by atoms with Crippen molar-refractivity contribution in [2.75, 3.05) is 0 Å². The van der Waals surface area contributed by atoms with Crippen molar-refractivity contribution in [2.24, 2.45) is 0 Å². The Kier molecular flexibility index (Phi) is 36.1. The number of unbranched alkanes of at least 4 members (excludes halogenated alkanes) is 21. The average Bonchev–Trinajstić information content (AvgIpc) is 3.03. The maximum atomic E-state index is 12.4. The SMILES string of the molecule is CC/C=C\C/C=C\C/C=C\CCCCCCCCCC(=O)OC(CCC)CCCCCCCCCCCCCCCCCC(=O)O. The first-order valence-electron chi connectivity index (χ1n) is 20.0. The largest absolute Gasteiger partial charge is 0.481 e. The molecule has 0 aliphatic heterocycles. The monoisotopic (exact) mass is 645 g/mol. The van der Waals surface area contributed by atoms with Gasteiger partial charge in [-0.2, -0.15) is 0 Å². The number of esters is 1. The number of carboxylic acid groups (broad SMARTS) is 1. The van der Waals surface area contributed by atoms with Gasteiger partial charge in [0.05, 0.1) is 0 Å². The molecule has 268 valence electrons. The van der Waals surface area contributed by atoms with Crippen LogP contribution in [0.3, 0.4) is 0 Å². The van der Waals surface area contributed by atoms with Crippen LogP contribution >= 0.6 is 0 Å². The molecule has 0 heterocycles. The van der Waals surface area contributed by atoms with Crippen LogP contribution < -0.4 is 0 Å². The van der Waals surface area contributed by atoms with Gasteiger partial charge < -0.3 is 9.84 Å². The smallest absolute Gasteiger partial charge is 0.306 e. The molecule has 1 N–H and O–H groups in total. The fourth-order valence-electron chi connectivity index (χ4n) is 6.02. The highest BCUT2D eigenvalue weighted by atomic mass is 16.5. The lowest BCUT2D eigenvalue weighted by Crippen LogP contribution is -2.18. The van der Waals surface area contributed by atoms with Crippen LogP contribution in [0.15, 0.2) is 36.5 Å². The van der Waals surface area contributed by atoms with E-state index in [9.17, 15) is 9.59 Å². The van der Waals surface area contributed by atoms with Crippen LogP contribution in [0.2, 0.25) is 0 Å². The molecule has 4 nitrogen and oxygen atoms in total.